The fourth-order valence-corrected chi connectivity index (χ4v) is 7.26. The van der Waals surface area contributed by atoms with Gasteiger partial charge in [0.2, 0.25) is 0 Å². The number of Topliss-reactive ketones (excluding diaryl/α,β-unsaturated/α-hetero) is 1. The number of ether oxygens (including phenoxy) is 2. The molecule has 0 spiro atoms. The molecule has 0 heterocycles. The second-order valence-electron chi connectivity index (χ2n) is 12.2. The van der Waals surface area contributed by atoms with Gasteiger partial charge in [-0.25, -0.2) is 0 Å². The predicted molar refractivity (Wildman–Crippen MR) is 127 cm³/mol. The zero-order valence-electron chi connectivity index (χ0n) is 21.8. The Kier molecular flexibility index (Phi) is 5.95. The van der Waals surface area contributed by atoms with Crippen molar-refractivity contribution in [3.8, 4) is 0 Å². The van der Waals surface area contributed by atoms with E-state index in [0.29, 0.717) is 18.4 Å². The topological polar surface area (TPSA) is 89.9 Å². The largest absolute Gasteiger partial charge is 0.461 e. The third-order valence-corrected chi connectivity index (χ3v) is 9.71. The minimum absolute atomic E-state index is 0.0593. The fourth-order valence-electron chi connectivity index (χ4n) is 7.26. The lowest BCUT2D eigenvalue weighted by atomic mass is 9.61. The summed E-state index contributed by atoms with van der Waals surface area (Å²) in [5.41, 5.74) is -0.586. The van der Waals surface area contributed by atoms with Crippen LogP contribution in [0.4, 0.5) is 0 Å². The van der Waals surface area contributed by atoms with Crippen molar-refractivity contribution in [1.82, 2.24) is 0 Å². The van der Waals surface area contributed by atoms with Crippen molar-refractivity contribution in [2.75, 3.05) is 6.61 Å². The molecule has 0 saturated heterocycles. The highest BCUT2D eigenvalue weighted by Gasteiger charge is 2.82. The van der Waals surface area contributed by atoms with Crippen molar-refractivity contribution in [3.63, 3.8) is 0 Å². The summed E-state index contributed by atoms with van der Waals surface area (Å²) in [6.45, 7) is 15.5. The van der Waals surface area contributed by atoms with Crippen LogP contribution in [0.5, 0.6) is 0 Å². The Morgan fingerprint density at radius 1 is 1.18 bits per heavy atom. The Labute approximate surface area is 203 Å². The smallest absolute Gasteiger partial charge is 0.309 e. The van der Waals surface area contributed by atoms with Gasteiger partial charge in [0.15, 0.2) is 5.78 Å². The number of carbonyl (C=O) groups excluding carboxylic acids is 3. The Morgan fingerprint density at radius 2 is 1.82 bits per heavy atom. The highest BCUT2D eigenvalue weighted by molar-refractivity contribution is 6.00. The summed E-state index contributed by atoms with van der Waals surface area (Å²) in [5, 5.41) is 12.4. The van der Waals surface area contributed by atoms with Gasteiger partial charge in [0, 0.05) is 36.0 Å². The lowest BCUT2D eigenvalue weighted by Crippen LogP contribution is -2.56. The number of allylic oxidation sites excluding steroid dienone is 1. The molecule has 8 atom stereocenters. The summed E-state index contributed by atoms with van der Waals surface area (Å²) in [5.74, 6) is -1.81. The SMILES string of the molecule is CC(=O)OCC1=CC2C3C(C)(C)C3(OC(=O)C(C)C(C)C)CC(C)C2(O)C2C=C(C)C(=O)C2C1. The maximum atomic E-state index is 13.1. The molecule has 0 amide bonds. The van der Waals surface area contributed by atoms with Gasteiger partial charge < -0.3 is 14.6 Å². The molecule has 188 valence electrons. The number of ketones is 1. The van der Waals surface area contributed by atoms with E-state index in [4.69, 9.17) is 9.47 Å². The van der Waals surface area contributed by atoms with Crippen LogP contribution in [0.3, 0.4) is 0 Å². The van der Waals surface area contributed by atoms with Gasteiger partial charge in [0.05, 0.1) is 11.5 Å². The van der Waals surface area contributed by atoms with Crippen LogP contribution in [-0.4, -0.2) is 40.6 Å². The Balaban J connectivity index is 1.78. The Bertz CT molecular complexity index is 973. The maximum Gasteiger partial charge on any atom is 0.309 e. The van der Waals surface area contributed by atoms with Crippen LogP contribution in [0.25, 0.3) is 0 Å². The number of hydrogen-bond acceptors (Lipinski definition) is 6. The number of fused-ring (bicyclic) bond motifs is 5. The monoisotopic (exact) mass is 472 g/mol. The number of aliphatic hydroxyl groups is 1. The maximum absolute atomic E-state index is 13.1. The lowest BCUT2D eigenvalue weighted by Gasteiger charge is -2.49. The van der Waals surface area contributed by atoms with Crippen molar-refractivity contribution in [2.45, 2.75) is 79.4 Å². The first-order valence-corrected chi connectivity index (χ1v) is 12.7. The standard InChI is InChI=1S/C28H40O6/c1-14(2)17(5)25(31)34-27-12-16(4)28(32)21-9-15(3)23(30)20(21)10-19(13-33-18(6)29)11-22(28)24(27)26(27,7)8/h9,11,14,16-17,20-22,24,32H,10,12-13H2,1-8H3. The molecule has 4 aliphatic carbocycles. The molecule has 2 fully saturated rings. The molecular formula is C28H40O6. The molecule has 4 aliphatic rings. The van der Waals surface area contributed by atoms with E-state index in [1.54, 1.807) is 0 Å². The molecule has 34 heavy (non-hydrogen) atoms. The van der Waals surface area contributed by atoms with Gasteiger partial charge in [-0.3, -0.25) is 14.4 Å². The third-order valence-electron chi connectivity index (χ3n) is 9.71. The van der Waals surface area contributed by atoms with E-state index < -0.39 is 11.2 Å². The quantitative estimate of drug-likeness (QED) is 0.475. The molecular weight excluding hydrogens is 432 g/mol. The average Bonchev–Trinajstić information content (AvgIpc) is 3.11. The lowest BCUT2D eigenvalue weighted by molar-refractivity contribution is -0.177. The highest BCUT2D eigenvalue weighted by Crippen LogP contribution is 2.76. The second kappa shape index (κ2) is 8.04. The first-order chi connectivity index (χ1) is 15.7. The van der Waals surface area contributed by atoms with E-state index in [0.717, 1.165) is 5.57 Å². The van der Waals surface area contributed by atoms with E-state index in [9.17, 15) is 19.5 Å². The second-order valence-corrected chi connectivity index (χ2v) is 12.2. The van der Waals surface area contributed by atoms with E-state index >= 15 is 0 Å². The van der Waals surface area contributed by atoms with E-state index in [-0.39, 0.29) is 71.2 Å². The van der Waals surface area contributed by atoms with Crippen molar-refractivity contribution in [1.29, 1.82) is 0 Å². The van der Waals surface area contributed by atoms with E-state index in [2.05, 4.69) is 13.8 Å². The normalized spacial score (nSPS) is 40.8. The first-order valence-electron chi connectivity index (χ1n) is 12.7. The summed E-state index contributed by atoms with van der Waals surface area (Å²) in [6, 6.07) is 0. The molecule has 0 aromatic rings. The minimum atomic E-state index is -1.14. The number of hydrogen-bond donors (Lipinski definition) is 1. The van der Waals surface area contributed by atoms with Gasteiger partial charge in [0.1, 0.15) is 12.2 Å². The molecule has 6 nitrogen and oxygen atoms in total. The molecule has 0 aromatic carbocycles. The average molecular weight is 473 g/mol. The van der Waals surface area contributed by atoms with Crippen LogP contribution in [0.2, 0.25) is 0 Å². The Morgan fingerprint density at radius 3 is 2.41 bits per heavy atom. The van der Waals surface area contributed by atoms with Crippen molar-refractivity contribution >= 4 is 17.7 Å². The first kappa shape index (κ1) is 25.2. The van der Waals surface area contributed by atoms with Gasteiger partial charge in [-0.1, -0.05) is 53.7 Å². The van der Waals surface area contributed by atoms with Crippen molar-refractivity contribution < 1.29 is 29.0 Å². The fraction of sp³-hybridized carbons (Fsp3) is 0.750. The number of carbonyl (C=O) groups is 3. The Hall–Kier alpha value is -1.95. The van der Waals surface area contributed by atoms with Crippen LogP contribution < -0.4 is 0 Å². The number of esters is 2. The van der Waals surface area contributed by atoms with Gasteiger partial charge in [0.25, 0.3) is 0 Å². The van der Waals surface area contributed by atoms with Crippen LogP contribution in [0, 0.1) is 46.8 Å². The molecule has 6 heteroatoms. The van der Waals surface area contributed by atoms with Crippen molar-refractivity contribution in [3.05, 3.63) is 23.3 Å². The molecule has 4 rings (SSSR count). The summed E-state index contributed by atoms with van der Waals surface area (Å²) >= 11 is 0. The molecule has 0 radical (unpaired) electrons. The van der Waals surface area contributed by atoms with Crippen molar-refractivity contribution in [2.24, 2.45) is 46.8 Å². The molecule has 1 N–H and O–H groups in total. The van der Waals surface area contributed by atoms with Gasteiger partial charge >= 0.3 is 11.9 Å². The zero-order chi connectivity index (χ0) is 25.4. The summed E-state index contributed by atoms with van der Waals surface area (Å²) in [4.78, 5) is 37.7. The highest BCUT2D eigenvalue weighted by atomic mass is 16.6. The number of rotatable bonds is 5. The van der Waals surface area contributed by atoms with E-state index in [1.165, 1.54) is 6.92 Å². The summed E-state index contributed by atoms with van der Waals surface area (Å²) in [7, 11) is 0. The van der Waals surface area contributed by atoms with Crippen LogP contribution in [0.15, 0.2) is 23.3 Å². The molecule has 0 aromatic heterocycles. The van der Waals surface area contributed by atoms with Gasteiger partial charge in [-0.05, 0) is 42.7 Å². The van der Waals surface area contributed by atoms with Crippen LogP contribution in [-0.2, 0) is 23.9 Å². The molecule has 8 unspecified atom stereocenters. The van der Waals surface area contributed by atoms with Gasteiger partial charge in [-0.15, -0.1) is 0 Å². The molecule has 0 bridgehead atoms. The van der Waals surface area contributed by atoms with E-state index in [1.807, 2.05) is 46.8 Å². The van der Waals surface area contributed by atoms with Crippen LogP contribution in [0.1, 0.15) is 68.2 Å². The molecule has 0 aliphatic heterocycles. The third kappa shape index (κ3) is 3.42. The zero-order valence-corrected chi connectivity index (χ0v) is 21.8. The minimum Gasteiger partial charge on any atom is -0.461 e. The van der Waals surface area contributed by atoms with Gasteiger partial charge in [-0.2, -0.15) is 0 Å². The summed E-state index contributed by atoms with van der Waals surface area (Å²) in [6.07, 6.45) is 5.02. The predicted octanol–water partition coefficient (Wildman–Crippen LogP) is 4.26. The summed E-state index contributed by atoms with van der Waals surface area (Å²) < 4.78 is 11.7. The molecule has 2 saturated carbocycles. The van der Waals surface area contributed by atoms with Crippen LogP contribution >= 0.6 is 0 Å².